The third-order valence-corrected chi connectivity index (χ3v) is 13.2. The van der Waals surface area contributed by atoms with Crippen molar-refractivity contribution in [2.45, 2.75) is 314 Å². The number of aliphatic hydroxyl groups excluding tert-OH is 5. The molecule has 1 saturated heterocycles. The van der Waals surface area contributed by atoms with Gasteiger partial charge in [-0.05, 0) is 12.8 Å². The molecule has 1 amide bonds. The van der Waals surface area contributed by atoms with Gasteiger partial charge in [0.1, 0.15) is 24.4 Å². The Kier molecular flexibility index (Phi) is 41.1. The van der Waals surface area contributed by atoms with Crippen molar-refractivity contribution in [1.82, 2.24) is 5.32 Å². The molecule has 1 aliphatic heterocycles. The maximum Gasteiger partial charge on any atom is 0.220 e. The smallest absolute Gasteiger partial charge is 0.220 e. The summed E-state index contributed by atoms with van der Waals surface area (Å²) in [5.74, 6) is -0.150. The summed E-state index contributed by atoms with van der Waals surface area (Å²) in [4.78, 5) is 12.8. The molecule has 7 unspecified atom stereocenters. The van der Waals surface area contributed by atoms with Crippen molar-refractivity contribution < 1.29 is 39.8 Å². The lowest BCUT2D eigenvalue weighted by molar-refractivity contribution is -0.302. The number of ether oxygens (including phenoxy) is 2. The Morgan fingerprint density at radius 2 is 0.820 bits per heavy atom. The first-order valence-electron chi connectivity index (χ1n) is 26.7. The number of hydrogen-bond acceptors (Lipinski definition) is 8. The zero-order valence-electron chi connectivity index (χ0n) is 40.2. The van der Waals surface area contributed by atoms with E-state index in [2.05, 4.69) is 19.2 Å². The van der Waals surface area contributed by atoms with E-state index in [1.54, 1.807) is 0 Å². The van der Waals surface area contributed by atoms with Gasteiger partial charge < -0.3 is 40.3 Å². The van der Waals surface area contributed by atoms with E-state index in [9.17, 15) is 30.3 Å². The Balaban J connectivity index is 2.02. The highest BCUT2D eigenvalue weighted by Crippen LogP contribution is 2.23. The summed E-state index contributed by atoms with van der Waals surface area (Å²) in [5.41, 5.74) is 0. The Bertz CT molecular complexity index is 924. The normalized spacial score (nSPS) is 20.3. The van der Waals surface area contributed by atoms with Crippen LogP contribution in [-0.2, 0) is 14.3 Å². The number of amides is 1. The summed E-state index contributed by atoms with van der Waals surface area (Å²) in [7, 11) is 0. The molecule has 0 aromatic carbocycles. The molecule has 9 nitrogen and oxygen atoms in total. The highest BCUT2D eigenvalue weighted by atomic mass is 16.7. The Morgan fingerprint density at radius 3 is 1.16 bits per heavy atom. The molecule has 0 radical (unpaired) electrons. The summed E-state index contributed by atoms with van der Waals surface area (Å²) in [6.45, 7) is 3.79. The molecule has 0 aliphatic carbocycles. The van der Waals surface area contributed by atoms with Crippen molar-refractivity contribution in [2.24, 2.45) is 0 Å². The van der Waals surface area contributed by atoms with E-state index in [1.165, 1.54) is 205 Å². The van der Waals surface area contributed by atoms with Gasteiger partial charge >= 0.3 is 0 Å². The molecular formula is C52H103NO8. The zero-order valence-corrected chi connectivity index (χ0v) is 40.2. The van der Waals surface area contributed by atoms with Crippen LogP contribution in [0.25, 0.3) is 0 Å². The lowest BCUT2D eigenvalue weighted by atomic mass is 9.99. The van der Waals surface area contributed by atoms with Crippen molar-refractivity contribution in [3.63, 3.8) is 0 Å². The van der Waals surface area contributed by atoms with E-state index in [1.807, 2.05) is 0 Å². The number of aliphatic hydroxyl groups is 5. The second-order valence-corrected chi connectivity index (χ2v) is 19.0. The third-order valence-electron chi connectivity index (χ3n) is 13.2. The topological polar surface area (TPSA) is 149 Å². The maximum absolute atomic E-state index is 12.8. The largest absolute Gasteiger partial charge is 0.394 e. The molecule has 0 spiro atoms. The lowest BCUT2D eigenvalue weighted by Crippen LogP contribution is -2.60. The molecule has 61 heavy (non-hydrogen) atoms. The quantitative estimate of drug-likeness (QED) is 0.0331. The second-order valence-electron chi connectivity index (χ2n) is 19.0. The number of carbonyl (C=O) groups is 1. The monoisotopic (exact) mass is 870 g/mol. The lowest BCUT2D eigenvalue weighted by Gasteiger charge is -2.40. The predicted octanol–water partition coefficient (Wildman–Crippen LogP) is 12.3. The second kappa shape index (κ2) is 43.1. The van der Waals surface area contributed by atoms with Crippen molar-refractivity contribution in [3.8, 4) is 0 Å². The van der Waals surface area contributed by atoms with Crippen LogP contribution in [0.2, 0.25) is 0 Å². The van der Waals surface area contributed by atoms with Crippen LogP contribution in [0.5, 0.6) is 0 Å². The molecule has 1 rings (SSSR count). The van der Waals surface area contributed by atoms with Crippen molar-refractivity contribution in [2.75, 3.05) is 13.2 Å². The van der Waals surface area contributed by atoms with E-state index in [-0.39, 0.29) is 12.5 Å². The first kappa shape index (κ1) is 58.2. The fraction of sp³-hybridized carbons (Fsp3) is 0.981. The van der Waals surface area contributed by atoms with Crippen molar-refractivity contribution >= 4 is 5.91 Å². The molecule has 1 heterocycles. The van der Waals surface area contributed by atoms with Gasteiger partial charge in [-0.15, -0.1) is 0 Å². The van der Waals surface area contributed by atoms with Crippen molar-refractivity contribution in [3.05, 3.63) is 0 Å². The number of carbonyl (C=O) groups excluding carboxylic acids is 1. The highest BCUT2D eigenvalue weighted by molar-refractivity contribution is 5.76. The van der Waals surface area contributed by atoms with Gasteiger partial charge in [-0.25, -0.2) is 0 Å². The van der Waals surface area contributed by atoms with Crippen LogP contribution in [0.3, 0.4) is 0 Å². The third kappa shape index (κ3) is 33.3. The fourth-order valence-electron chi connectivity index (χ4n) is 8.93. The van der Waals surface area contributed by atoms with Gasteiger partial charge in [0.05, 0.1) is 25.4 Å². The highest BCUT2D eigenvalue weighted by Gasteiger charge is 2.44. The average Bonchev–Trinajstić information content (AvgIpc) is 3.26. The van der Waals surface area contributed by atoms with Crippen LogP contribution in [-0.4, -0.2) is 87.5 Å². The maximum atomic E-state index is 12.8. The van der Waals surface area contributed by atoms with Crippen LogP contribution >= 0.6 is 0 Å². The average molecular weight is 870 g/mol. The standard InChI is InChI=1S/C52H103NO8/c1-3-5-7-9-11-12-13-14-15-16-17-18-19-20-21-22-23-24-25-26-27-28-29-30-31-32-33-34-35-36-37-39-41-46(55)45(53-48(56)42-40-38-10-8-6-4-2)44-60-52-51(59)50(58)49(57)47(43-54)61-52/h45-47,49-52,54-55,57-59H,3-44H2,1-2H3,(H,53,56). The number of rotatable bonds is 46. The van der Waals surface area contributed by atoms with Gasteiger partial charge in [0.2, 0.25) is 5.91 Å². The first-order valence-corrected chi connectivity index (χ1v) is 26.7. The summed E-state index contributed by atoms with van der Waals surface area (Å²) in [6, 6.07) is -0.710. The molecule has 0 saturated carbocycles. The summed E-state index contributed by atoms with van der Waals surface area (Å²) in [6.07, 6.45) is 43.4. The number of unbranched alkanes of at least 4 members (excludes halogenated alkanes) is 36. The Morgan fingerprint density at radius 1 is 0.492 bits per heavy atom. The van der Waals surface area contributed by atoms with Gasteiger partial charge in [0.15, 0.2) is 6.29 Å². The molecule has 1 aliphatic rings. The number of nitrogens with one attached hydrogen (secondary N) is 1. The van der Waals surface area contributed by atoms with E-state index in [0.29, 0.717) is 12.8 Å². The molecule has 0 aromatic rings. The molecule has 9 heteroatoms. The van der Waals surface area contributed by atoms with Crippen LogP contribution in [0.15, 0.2) is 0 Å². The molecular weight excluding hydrogens is 767 g/mol. The molecule has 6 N–H and O–H groups in total. The van der Waals surface area contributed by atoms with Gasteiger partial charge in [0, 0.05) is 6.42 Å². The summed E-state index contributed by atoms with van der Waals surface area (Å²) >= 11 is 0. The van der Waals surface area contributed by atoms with Gasteiger partial charge in [0.25, 0.3) is 0 Å². The molecule has 7 atom stereocenters. The van der Waals surface area contributed by atoms with Gasteiger partial charge in [-0.2, -0.15) is 0 Å². The zero-order chi connectivity index (χ0) is 44.4. The van der Waals surface area contributed by atoms with Gasteiger partial charge in [-0.3, -0.25) is 4.79 Å². The minimum atomic E-state index is -1.55. The summed E-state index contributed by atoms with van der Waals surface area (Å²) < 4.78 is 11.2. The predicted molar refractivity (Wildman–Crippen MR) is 254 cm³/mol. The van der Waals surface area contributed by atoms with E-state index in [4.69, 9.17) is 9.47 Å². The summed E-state index contributed by atoms with van der Waals surface area (Å²) in [5, 5.41) is 54.2. The van der Waals surface area contributed by atoms with E-state index >= 15 is 0 Å². The van der Waals surface area contributed by atoms with Crippen LogP contribution < -0.4 is 5.32 Å². The van der Waals surface area contributed by atoms with Crippen molar-refractivity contribution in [1.29, 1.82) is 0 Å². The minimum Gasteiger partial charge on any atom is -0.394 e. The fourth-order valence-corrected chi connectivity index (χ4v) is 8.93. The minimum absolute atomic E-state index is 0.133. The van der Waals surface area contributed by atoms with E-state index < -0.39 is 49.5 Å². The Labute approximate surface area is 376 Å². The van der Waals surface area contributed by atoms with Crippen LogP contribution in [0.1, 0.15) is 271 Å². The first-order chi connectivity index (χ1) is 29.8. The van der Waals surface area contributed by atoms with Gasteiger partial charge in [-0.1, -0.05) is 251 Å². The van der Waals surface area contributed by atoms with Crippen LogP contribution in [0, 0.1) is 0 Å². The van der Waals surface area contributed by atoms with E-state index in [0.717, 1.165) is 38.5 Å². The SMILES string of the molecule is CCCCCCCCCCCCCCCCCCCCCCCCCCCCCCCCCCC(O)C(COC1OC(CO)C(O)C(O)C1O)NC(=O)CCCCCCCC. The molecule has 0 bridgehead atoms. The molecule has 1 fully saturated rings. The Hall–Kier alpha value is -0.810. The number of hydrogen-bond donors (Lipinski definition) is 6. The van der Waals surface area contributed by atoms with Crippen LogP contribution in [0.4, 0.5) is 0 Å². The molecule has 364 valence electrons. The molecule has 0 aromatic heterocycles.